The number of fused-ring (bicyclic) bond motifs is 3. The van der Waals surface area contributed by atoms with E-state index in [9.17, 15) is 9.90 Å². The van der Waals surface area contributed by atoms with Gasteiger partial charge in [-0.05, 0) is 24.5 Å². The van der Waals surface area contributed by atoms with Crippen LogP contribution in [0.15, 0.2) is 18.2 Å². The van der Waals surface area contributed by atoms with Crippen LogP contribution in [0.3, 0.4) is 0 Å². The van der Waals surface area contributed by atoms with E-state index in [-0.39, 0.29) is 17.7 Å². The van der Waals surface area contributed by atoms with Crippen molar-refractivity contribution in [3.63, 3.8) is 0 Å². The molecule has 1 saturated heterocycles. The quantitative estimate of drug-likeness (QED) is 0.745. The predicted molar refractivity (Wildman–Crippen MR) is 58.7 cm³/mol. The fraction of sp³-hybridized carbons (Fsp3) is 0.417. The molecule has 4 nitrogen and oxygen atoms in total. The third kappa shape index (κ3) is 1.19. The molecule has 1 aromatic carbocycles. The molecule has 3 rings (SSSR count). The molecule has 84 valence electrons. The molecule has 2 heterocycles. The van der Waals surface area contributed by atoms with Gasteiger partial charge in [0.1, 0.15) is 5.75 Å². The van der Waals surface area contributed by atoms with E-state index in [1.165, 1.54) is 0 Å². The summed E-state index contributed by atoms with van der Waals surface area (Å²) < 4.78 is 0. The molecule has 0 saturated carbocycles. The maximum atomic E-state index is 11.1. The number of hydrogen-bond donors (Lipinski definition) is 2. The van der Waals surface area contributed by atoms with Gasteiger partial charge in [-0.25, -0.2) is 0 Å². The van der Waals surface area contributed by atoms with Crippen LogP contribution in [0.4, 0.5) is 5.69 Å². The van der Waals surface area contributed by atoms with E-state index >= 15 is 0 Å². The lowest BCUT2D eigenvalue weighted by Crippen LogP contribution is -2.32. The van der Waals surface area contributed by atoms with Crippen molar-refractivity contribution in [1.82, 2.24) is 0 Å². The molecule has 0 amide bonds. The van der Waals surface area contributed by atoms with E-state index in [1.807, 2.05) is 6.07 Å². The second-order valence-corrected chi connectivity index (χ2v) is 4.51. The largest absolute Gasteiger partial charge is 0.508 e. The number of nitrogens with zero attached hydrogens (tertiary/aromatic N) is 1. The first kappa shape index (κ1) is 9.51. The van der Waals surface area contributed by atoms with Crippen molar-refractivity contribution in [2.45, 2.75) is 18.9 Å². The van der Waals surface area contributed by atoms with Gasteiger partial charge in [0, 0.05) is 24.3 Å². The zero-order chi connectivity index (χ0) is 11.3. The Bertz CT molecular complexity index is 458. The summed E-state index contributed by atoms with van der Waals surface area (Å²) in [5, 5.41) is 18.6. The maximum absolute atomic E-state index is 11.1. The van der Waals surface area contributed by atoms with Gasteiger partial charge in [-0.3, -0.25) is 4.79 Å². The number of carbonyl (C=O) groups is 1. The molecule has 2 aliphatic heterocycles. The van der Waals surface area contributed by atoms with Gasteiger partial charge in [-0.1, -0.05) is 6.07 Å². The number of phenols is 1. The van der Waals surface area contributed by atoms with Crippen LogP contribution in [0.2, 0.25) is 0 Å². The van der Waals surface area contributed by atoms with Gasteiger partial charge in [0.2, 0.25) is 0 Å². The number of rotatable bonds is 1. The minimum Gasteiger partial charge on any atom is -0.508 e. The van der Waals surface area contributed by atoms with Crippen molar-refractivity contribution in [2.24, 2.45) is 5.92 Å². The summed E-state index contributed by atoms with van der Waals surface area (Å²) >= 11 is 0. The topological polar surface area (TPSA) is 60.8 Å². The van der Waals surface area contributed by atoms with Crippen molar-refractivity contribution < 1.29 is 15.0 Å². The molecule has 0 bridgehead atoms. The Hall–Kier alpha value is -1.71. The summed E-state index contributed by atoms with van der Waals surface area (Å²) in [5.41, 5.74) is 2.16. The van der Waals surface area contributed by atoms with E-state index < -0.39 is 5.97 Å². The average Bonchev–Trinajstić information content (AvgIpc) is 2.76. The van der Waals surface area contributed by atoms with Crippen LogP contribution in [0.1, 0.15) is 12.0 Å². The molecule has 0 radical (unpaired) electrons. The molecule has 1 aromatic rings. The van der Waals surface area contributed by atoms with Gasteiger partial charge in [0.25, 0.3) is 0 Å². The number of carboxylic acids is 1. The highest BCUT2D eigenvalue weighted by atomic mass is 16.4. The molecule has 2 aliphatic rings. The average molecular weight is 219 g/mol. The Labute approximate surface area is 93.1 Å². The summed E-state index contributed by atoms with van der Waals surface area (Å²) in [6, 6.07) is 5.37. The second-order valence-electron chi connectivity index (χ2n) is 4.51. The number of aromatic hydroxyl groups is 1. The van der Waals surface area contributed by atoms with Crippen LogP contribution < -0.4 is 4.90 Å². The summed E-state index contributed by atoms with van der Waals surface area (Å²) in [7, 11) is 0. The van der Waals surface area contributed by atoms with Crippen molar-refractivity contribution in [2.75, 3.05) is 11.4 Å². The Kier molecular flexibility index (Phi) is 1.87. The molecule has 0 aliphatic carbocycles. The Balaban J connectivity index is 1.98. The Morgan fingerprint density at radius 3 is 3.00 bits per heavy atom. The first-order valence-corrected chi connectivity index (χ1v) is 5.48. The molecular formula is C12H13NO3. The molecule has 2 unspecified atom stereocenters. The number of phenolic OH excluding ortho intramolecular Hbond substituents is 1. The number of aliphatic carboxylic acids is 1. The fourth-order valence-electron chi connectivity index (χ4n) is 2.91. The SMILES string of the molecule is O=C(O)C1CCN2c3cc(O)ccc3CC12. The molecule has 2 atom stereocenters. The molecule has 2 N–H and O–H groups in total. The molecule has 16 heavy (non-hydrogen) atoms. The highest BCUT2D eigenvalue weighted by Crippen LogP contribution is 2.41. The van der Waals surface area contributed by atoms with Crippen LogP contribution in [0.25, 0.3) is 0 Å². The third-order valence-corrected chi connectivity index (χ3v) is 3.67. The van der Waals surface area contributed by atoms with Gasteiger partial charge < -0.3 is 15.1 Å². The number of hydrogen-bond acceptors (Lipinski definition) is 3. The predicted octanol–water partition coefficient (Wildman–Crippen LogP) is 1.23. The lowest BCUT2D eigenvalue weighted by molar-refractivity contribution is -0.141. The second kappa shape index (κ2) is 3.14. The van der Waals surface area contributed by atoms with Crippen LogP contribution in [-0.4, -0.2) is 28.8 Å². The first-order chi connectivity index (χ1) is 7.66. The van der Waals surface area contributed by atoms with Crippen molar-refractivity contribution in [3.05, 3.63) is 23.8 Å². The van der Waals surface area contributed by atoms with Crippen LogP contribution in [0.5, 0.6) is 5.75 Å². The highest BCUT2D eigenvalue weighted by Gasteiger charge is 2.43. The van der Waals surface area contributed by atoms with E-state index in [0.29, 0.717) is 6.42 Å². The zero-order valence-corrected chi connectivity index (χ0v) is 8.76. The number of carboxylic acid groups (broad SMARTS) is 1. The lowest BCUT2D eigenvalue weighted by Gasteiger charge is -2.20. The van der Waals surface area contributed by atoms with Crippen LogP contribution in [-0.2, 0) is 11.2 Å². The van der Waals surface area contributed by atoms with Crippen LogP contribution in [0, 0.1) is 5.92 Å². The molecule has 0 spiro atoms. The molecule has 1 fully saturated rings. The molecule has 0 aromatic heterocycles. The van der Waals surface area contributed by atoms with Gasteiger partial charge >= 0.3 is 5.97 Å². The summed E-state index contributed by atoms with van der Waals surface area (Å²) in [6.07, 6.45) is 1.49. The number of anilines is 1. The smallest absolute Gasteiger partial charge is 0.308 e. The summed E-state index contributed by atoms with van der Waals surface area (Å²) in [5.74, 6) is -0.725. The van der Waals surface area contributed by atoms with Crippen molar-refractivity contribution >= 4 is 11.7 Å². The zero-order valence-electron chi connectivity index (χ0n) is 8.76. The van der Waals surface area contributed by atoms with Gasteiger partial charge in [0.05, 0.1) is 5.92 Å². The monoisotopic (exact) mass is 219 g/mol. The van der Waals surface area contributed by atoms with E-state index in [0.717, 1.165) is 24.2 Å². The van der Waals surface area contributed by atoms with Gasteiger partial charge in [-0.15, -0.1) is 0 Å². The third-order valence-electron chi connectivity index (χ3n) is 3.67. The fourth-order valence-corrected chi connectivity index (χ4v) is 2.91. The van der Waals surface area contributed by atoms with Crippen LogP contribution >= 0.6 is 0 Å². The molecule has 4 heteroatoms. The van der Waals surface area contributed by atoms with Gasteiger partial charge in [0.15, 0.2) is 0 Å². The summed E-state index contributed by atoms with van der Waals surface area (Å²) in [6.45, 7) is 0.776. The first-order valence-electron chi connectivity index (χ1n) is 5.48. The van der Waals surface area contributed by atoms with E-state index in [4.69, 9.17) is 5.11 Å². The Morgan fingerprint density at radius 2 is 2.25 bits per heavy atom. The minimum absolute atomic E-state index is 0.0781. The number of benzene rings is 1. The minimum atomic E-state index is -0.704. The van der Waals surface area contributed by atoms with Crippen molar-refractivity contribution in [3.8, 4) is 5.75 Å². The van der Waals surface area contributed by atoms with Crippen molar-refractivity contribution in [1.29, 1.82) is 0 Å². The lowest BCUT2D eigenvalue weighted by atomic mass is 9.97. The normalized spacial score (nSPS) is 26.6. The highest BCUT2D eigenvalue weighted by molar-refractivity contribution is 5.75. The standard InChI is InChI=1S/C12H13NO3/c14-8-2-1-7-5-11-9(12(15)16)3-4-13(11)10(7)6-8/h1-2,6,9,11,14H,3-5H2,(H,15,16). The Morgan fingerprint density at radius 1 is 1.44 bits per heavy atom. The van der Waals surface area contributed by atoms with E-state index in [2.05, 4.69) is 4.90 Å². The van der Waals surface area contributed by atoms with E-state index in [1.54, 1.807) is 12.1 Å². The summed E-state index contributed by atoms with van der Waals surface area (Å²) in [4.78, 5) is 13.2. The molecular weight excluding hydrogens is 206 g/mol. The van der Waals surface area contributed by atoms with Gasteiger partial charge in [-0.2, -0.15) is 0 Å². The maximum Gasteiger partial charge on any atom is 0.308 e.